The van der Waals surface area contributed by atoms with E-state index >= 15 is 0 Å². The highest BCUT2D eigenvalue weighted by Crippen LogP contribution is 2.30. The van der Waals surface area contributed by atoms with Gasteiger partial charge in [0.25, 0.3) is 5.91 Å². The smallest absolute Gasteiger partial charge is 0.272 e. The van der Waals surface area contributed by atoms with Crippen molar-refractivity contribution in [3.05, 3.63) is 53.2 Å². The molecule has 0 saturated carbocycles. The fourth-order valence-electron chi connectivity index (χ4n) is 3.59. The van der Waals surface area contributed by atoms with Gasteiger partial charge in [0.2, 0.25) is 0 Å². The van der Waals surface area contributed by atoms with Crippen LogP contribution in [-0.4, -0.2) is 41.9 Å². The number of benzene rings is 1. The summed E-state index contributed by atoms with van der Waals surface area (Å²) in [6.45, 7) is 3.20. The van der Waals surface area contributed by atoms with E-state index in [1.807, 2.05) is 47.0 Å². The average molecular weight is 399 g/mol. The summed E-state index contributed by atoms with van der Waals surface area (Å²) in [5, 5.41) is 9.77. The third kappa shape index (κ3) is 3.67. The topological polar surface area (TPSA) is 68.8 Å². The molecule has 3 aromatic rings. The van der Waals surface area contributed by atoms with Gasteiger partial charge in [0, 0.05) is 24.2 Å². The summed E-state index contributed by atoms with van der Waals surface area (Å²) in [6.07, 6.45) is 4.82. The number of rotatable bonds is 6. The van der Waals surface area contributed by atoms with Gasteiger partial charge in [0.05, 0.1) is 18.3 Å². The summed E-state index contributed by atoms with van der Waals surface area (Å²) in [5.74, 6) is 0.615. The van der Waals surface area contributed by atoms with Gasteiger partial charge < -0.3 is 4.90 Å². The second kappa shape index (κ2) is 7.75. The molecule has 28 heavy (non-hydrogen) atoms. The Hall–Kier alpha value is -2.67. The van der Waals surface area contributed by atoms with Gasteiger partial charge in [-0.05, 0) is 24.6 Å². The molecular weight excluding hydrogens is 376 g/mol. The number of halogens is 1. The van der Waals surface area contributed by atoms with Crippen molar-refractivity contribution in [3.8, 4) is 11.3 Å². The van der Waals surface area contributed by atoms with Crippen molar-refractivity contribution >= 4 is 17.5 Å². The lowest BCUT2D eigenvalue weighted by atomic mass is 10.1. The van der Waals surface area contributed by atoms with Crippen LogP contribution in [0.4, 0.5) is 0 Å². The first-order valence-electron chi connectivity index (χ1n) is 9.54. The average Bonchev–Trinajstić information content (AvgIpc) is 3.30. The van der Waals surface area contributed by atoms with Crippen LogP contribution in [0.15, 0.2) is 36.7 Å². The van der Waals surface area contributed by atoms with Crippen LogP contribution < -0.4 is 0 Å². The van der Waals surface area contributed by atoms with Crippen molar-refractivity contribution in [3.63, 3.8) is 0 Å². The largest absolute Gasteiger partial charge is 0.328 e. The van der Waals surface area contributed by atoms with Gasteiger partial charge >= 0.3 is 0 Å². The minimum Gasteiger partial charge on any atom is -0.328 e. The fraction of sp³-hybridized carbons (Fsp3) is 0.400. The maximum atomic E-state index is 13.1. The summed E-state index contributed by atoms with van der Waals surface area (Å²) < 4.78 is 3.56. The molecule has 3 heterocycles. The van der Waals surface area contributed by atoms with Gasteiger partial charge in [-0.1, -0.05) is 43.5 Å². The minimum atomic E-state index is -0.0343. The first kappa shape index (κ1) is 18.7. The lowest BCUT2D eigenvalue weighted by Crippen LogP contribution is -2.43. The molecule has 7 nitrogen and oxygen atoms in total. The summed E-state index contributed by atoms with van der Waals surface area (Å²) in [5.41, 5.74) is 2.36. The van der Waals surface area contributed by atoms with E-state index in [0.29, 0.717) is 29.6 Å². The molecular formula is C20H23ClN6O. The first-order chi connectivity index (χ1) is 13.5. The van der Waals surface area contributed by atoms with E-state index in [2.05, 4.69) is 17.0 Å². The normalized spacial score (nSPS) is 16.5. The molecule has 0 bridgehead atoms. The molecule has 1 amide bonds. The second-order valence-electron chi connectivity index (χ2n) is 7.18. The first-order valence-corrected chi connectivity index (χ1v) is 9.92. The molecule has 2 aromatic heterocycles. The molecule has 8 heteroatoms. The Morgan fingerprint density at radius 2 is 2.00 bits per heavy atom. The number of carbonyl (C=O) groups is 1. The third-order valence-electron chi connectivity index (χ3n) is 5.03. The van der Waals surface area contributed by atoms with Crippen LogP contribution in [0.1, 0.15) is 48.5 Å². The Morgan fingerprint density at radius 1 is 1.21 bits per heavy atom. The molecule has 1 aliphatic heterocycles. The van der Waals surface area contributed by atoms with E-state index in [4.69, 9.17) is 16.7 Å². The van der Waals surface area contributed by atoms with Gasteiger partial charge in [0.1, 0.15) is 12.0 Å². The van der Waals surface area contributed by atoms with Crippen LogP contribution >= 0.6 is 11.6 Å². The Balaban J connectivity index is 1.66. The van der Waals surface area contributed by atoms with Crippen molar-refractivity contribution in [2.75, 3.05) is 6.54 Å². The zero-order chi connectivity index (χ0) is 19.7. The number of aromatic nitrogens is 5. The number of hydrogen-bond acceptors (Lipinski definition) is 4. The Kier molecular flexibility index (Phi) is 5.17. The Bertz CT molecular complexity index is 977. The molecule has 1 aromatic carbocycles. The van der Waals surface area contributed by atoms with Crippen LogP contribution in [0, 0.1) is 0 Å². The molecule has 0 saturated heterocycles. The summed E-state index contributed by atoms with van der Waals surface area (Å²) in [4.78, 5) is 19.2. The maximum absolute atomic E-state index is 13.1. The zero-order valence-electron chi connectivity index (χ0n) is 16.0. The Morgan fingerprint density at radius 3 is 2.68 bits per heavy atom. The number of amides is 1. The minimum absolute atomic E-state index is 0.0343. The summed E-state index contributed by atoms with van der Waals surface area (Å²) >= 11 is 6.00. The van der Waals surface area contributed by atoms with Crippen molar-refractivity contribution < 1.29 is 4.79 Å². The highest BCUT2D eigenvalue weighted by molar-refractivity contribution is 6.30. The lowest BCUT2D eigenvalue weighted by Gasteiger charge is -2.33. The number of carbonyl (C=O) groups excluding carboxylic acids is 1. The lowest BCUT2D eigenvalue weighted by molar-refractivity contribution is 0.0629. The molecule has 0 radical (unpaired) electrons. The zero-order valence-corrected chi connectivity index (χ0v) is 16.8. The Labute approximate surface area is 168 Å². The quantitative estimate of drug-likeness (QED) is 0.634. The van der Waals surface area contributed by atoms with Crippen molar-refractivity contribution in [1.29, 1.82) is 0 Å². The molecule has 1 unspecified atom stereocenters. The monoisotopic (exact) mass is 398 g/mol. The number of unbranched alkanes of at least 4 members (excludes halogenated alkanes) is 1. The molecule has 4 rings (SSSR count). The highest BCUT2D eigenvalue weighted by atomic mass is 35.5. The van der Waals surface area contributed by atoms with Gasteiger partial charge in [-0.3, -0.25) is 14.2 Å². The van der Waals surface area contributed by atoms with Gasteiger partial charge in [-0.2, -0.15) is 10.2 Å². The van der Waals surface area contributed by atoms with Crippen molar-refractivity contribution in [2.24, 2.45) is 7.05 Å². The summed E-state index contributed by atoms with van der Waals surface area (Å²) in [7, 11) is 1.83. The van der Waals surface area contributed by atoms with E-state index < -0.39 is 0 Å². The number of aryl methyl sites for hydroxylation is 1. The van der Waals surface area contributed by atoms with Crippen LogP contribution in [0.2, 0.25) is 5.02 Å². The highest BCUT2D eigenvalue weighted by Gasteiger charge is 2.33. The number of fused-ring (bicyclic) bond motifs is 1. The third-order valence-corrected chi connectivity index (χ3v) is 5.28. The maximum Gasteiger partial charge on any atom is 0.272 e. The number of nitrogens with zero attached hydrogens (tertiary/aromatic N) is 6. The van der Waals surface area contributed by atoms with Crippen LogP contribution in [0.3, 0.4) is 0 Å². The standard InChI is InChI=1S/C20H23ClN6O/c1-3-4-5-16-11-26(12-19-22-13-25(2)24-19)20(28)18-10-17(23-27(16)18)14-6-8-15(21)9-7-14/h6-10,13,16H,3-5,11-12H2,1-2H3. The molecule has 1 aliphatic rings. The molecule has 1 atom stereocenters. The summed E-state index contributed by atoms with van der Waals surface area (Å²) in [6, 6.07) is 9.56. The molecule has 0 spiro atoms. The number of hydrogen-bond donors (Lipinski definition) is 0. The molecule has 0 fully saturated rings. The van der Waals surface area contributed by atoms with Crippen molar-refractivity contribution in [2.45, 2.75) is 38.8 Å². The van der Waals surface area contributed by atoms with E-state index in [1.165, 1.54) is 0 Å². The fourth-order valence-corrected chi connectivity index (χ4v) is 3.71. The van der Waals surface area contributed by atoms with Gasteiger partial charge in [0.15, 0.2) is 5.82 Å². The van der Waals surface area contributed by atoms with Crippen LogP contribution in [-0.2, 0) is 13.6 Å². The molecule has 146 valence electrons. The molecule has 0 aliphatic carbocycles. The van der Waals surface area contributed by atoms with Crippen LogP contribution in [0.25, 0.3) is 11.3 Å². The molecule has 0 N–H and O–H groups in total. The van der Waals surface area contributed by atoms with E-state index in [1.54, 1.807) is 11.0 Å². The predicted molar refractivity (Wildman–Crippen MR) is 107 cm³/mol. The van der Waals surface area contributed by atoms with Crippen molar-refractivity contribution in [1.82, 2.24) is 29.4 Å². The predicted octanol–water partition coefficient (Wildman–Crippen LogP) is 3.72. The van der Waals surface area contributed by atoms with Crippen LogP contribution in [0.5, 0.6) is 0 Å². The van der Waals surface area contributed by atoms with Gasteiger partial charge in [-0.25, -0.2) is 4.98 Å². The SMILES string of the molecule is CCCCC1CN(Cc2ncn(C)n2)C(=O)c2cc(-c3ccc(Cl)cc3)nn21. The van der Waals surface area contributed by atoms with E-state index in [-0.39, 0.29) is 11.9 Å². The van der Waals surface area contributed by atoms with E-state index in [9.17, 15) is 4.79 Å². The van der Waals surface area contributed by atoms with E-state index in [0.717, 1.165) is 30.5 Å². The van der Waals surface area contributed by atoms with Gasteiger partial charge in [-0.15, -0.1) is 0 Å². The second-order valence-corrected chi connectivity index (χ2v) is 7.62.